The standard InChI is InChI=1S/C21H21F3N2O3/c1-28-18-8-4-5-15(20(18)29-21(23)24)9-10-19(27)26-13-11-25(12-14-26)17-7-3-2-6-16(17)22/h2-10,21H,11-14H2,1H3/b10-9+. The van der Waals surface area contributed by atoms with Crippen molar-refractivity contribution in [3.63, 3.8) is 0 Å². The largest absolute Gasteiger partial charge is 0.493 e. The quantitative estimate of drug-likeness (QED) is 0.685. The minimum absolute atomic E-state index is 0.126. The molecule has 0 radical (unpaired) electrons. The second-order valence-corrected chi connectivity index (χ2v) is 6.35. The zero-order valence-electron chi connectivity index (χ0n) is 15.9. The summed E-state index contributed by atoms with van der Waals surface area (Å²) in [6.45, 7) is -1.16. The van der Waals surface area contributed by atoms with Crippen LogP contribution in [0, 0.1) is 5.82 Å². The van der Waals surface area contributed by atoms with Crippen LogP contribution in [0.25, 0.3) is 6.08 Å². The molecular weight excluding hydrogens is 385 g/mol. The summed E-state index contributed by atoms with van der Waals surface area (Å²) in [5, 5.41) is 0. The van der Waals surface area contributed by atoms with Gasteiger partial charge in [-0.2, -0.15) is 8.78 Å². The number of amides is 1. The van der Waals surface area contributed by atoms with Crippen molar-refractivity contribution in [2.24, 2.45) is 0 Å². The molecule has 3 rings (SSSR count). The minimum atomic E-state index is -3.01. The molecule has 1 fully saturated rings. The molecule has 0 saturated carbocycles. The molecule has 0 atom stereocenters. The number of benzene rings is 2. The van der Waals surface area contributed by atoms with E-state index in [0.29, 0.717) is 37.4 Å². The first-order chi connectivity index (χ1) is 14.0. The number of hydrogen-bond donors (Lipinski definition) is 0. The van der Waals surface area contributed by atoms with E-state index in [2.05, 4.69) is 4.74 Å². The molecule has 1 saturated heterocycles. The molecule has 2 aromatic rings. The van der Waals surface area contributed by atoms with Crippen molar-refractivity contribution in [1.82, 2.24) is 4.90 Å². The lowest BCUT2D eigenvalue weighted by atomic mass is 10.1. The second kappa shape index (κ2) is 9.36. The smallest absolute Gasteiger partial charge is 0.387 e. The van der Waals surface area contributed by atoms with Gasteiger partial charge in [-0.25, -0.2) is 4.39 Å². The Morgan fingerprint density at radius 1 is 1.07 bits per heavy atom. The van der Waals surface area contributed by atoms with Crippen LogP contribution in [0.3, 0.4) is 0 Å². The summed E-state index contributed by atoms with van der Waals surface area (Å²) in [4.78, 5) is 16.0. The SMILES string of the molecule is COc1cccc(/C=C/C(=O)N2CCN(c3ccccc3F)CC2)c1OC(F)F. The van der Waals surface area contributed by atoms with Gasteiger partial charge in [-0.05, 0) is 24.3 Å². The van der Waals surface area contributed by atoms with Gasteiger partial charge < -0.3 is 19.3 Å². The molecular formula is C21H21F3N2O3. The van der Waals surface area contributed by atoms with E-state index >= 15 is 0 Å². The van der Waals surface area contributed by atoms with Gasteiger partial charge >= 0.3 is 6.61 Å². The van der Waals surface area contributed by atoms with Crippen LogP contribution in [0.2, 0.25) is 0 Å². The Kier molecular flexibility index (Phi) is 6.64. The molecule has 0 N–H and O–H groups in total. The number of anilines is 1. The molecule has 5 nitrogen and oxygen atoms in total. The zero-order chi connectivity index (χ0) is 20.8. The summed E-state index contributed by atoms with van der Waals surface area (Å²) in [5.41, 5.74) is 0.823. The summed E-state index contributed by atoms with van der Waals surface area (Å²) >= 11 is 0. The maximum absolute atomic E-state index is 13.9. The van der Waals surface area contributed by atoms with Gasteiger partial charge in [0.05, 0.1) is 12.8 Å². The van der Waals surface area contributed by atoms with Crippen LogP contribution in [-0.2, 0) is 4.79 Å². The summed E-state index contributed by atoms with van der Waals surface area (Å²) < 4.78 is 48.9. The molecule has 8 heteroatoms. The number of carbonyl (C=O) groups excluding carboxylic acids is 1. The molecule has 1 amide bonds. The van der Waals surface area contributed by atoms with Crippen molar-refractivity contribution >= 4 is 17.7 Å². The van der Waals surface area contributed by atoms with E-state index < -0.39 is 6.61 Å². The predicted molar refractivity (Wildman–Crippen MR) is 104 cm³/mol. The third-order valence-corrected chi connectivity index (χ3v) is 4.63. The number of halogens is 3. The van der Waals surface area contributed by atoms with Gasteiger partial charge in [0, 0.05) is 37.8 Å². The van der Waals surface area contributed by atoms with Crippen molar-refractivity contribution in [3.05, 3.63) is 59.9 Å². The average molecular weight is 406 g/mol. The highest BCUT2D eigenvalue weighted by atomic mass is 19.3. The van der Waals surface area contributed by atoms with E-state index in [-0.39, 0.29) is 23.2 Å². The Hall–Kier alpha value is -3.16. The number of rotatable bonds is 6. The lowest BCUT2D eigenvalue weighted by Gasteiger charge is -2.35. The number of carbonyl (C=O) groups is 1. The van der Waals surface area contributed by atoms with Gasteiger partial charge in [0.2, 0.25) is 5.91 Å². The Morgan fingerprint density at radius 2 is 1.79 bits per heavy atom. The summed E-state index contributed by atoms with van der Waals surface area (Å²) in [6.07, 6.45) is 2.73. The number of piperazine rings is 1. The molecule has 2 aromatic carbocycles. The fraction of sp³-hybridized carbons (Fsp3) is 0.286. The molecule has 1 aliphatic heterocycles. The Morgan fingerprint density at radius 3 is 2.45 bits per heavy atom. The van der Waals surface area contributed by atoms with E-state index in [1.807, 2.05) is 4.90 Å². The number of methoxy groups -OCH3 is 1. The molecule has 29 heavy (non-hydrogen) atoms. The van der Waals surface area contributed by atoms with Gasteiger partial charge in [-0.3, -0.25) is 4.79 Å². The highest BCUT2D eigenvalue weighted by Gasteiger charge is 2.21. The molecule has 0 aliphatic carbocycles. The molecule has 0 bridgehead atoms. The lowest BCUT2D eigenvalue weighted by Crippen LogP contribution is -2.48. The van der Waals surface area contributed by atoms with Crippen LogP contribution < -0.4 is 14.4 Å². The first-order valence-electron chi connectivity index (χ1n) is 9.08. The minimum Gasteiger partial charge on any atom is -0.493 e. The van der Waals surface area contributed by atoms with Crippen LogP contribution in [-0.4, -0.2) is 50.7 Å². The van der Waals surface area contributed by atoms with Gasteiger partial charge in [-0.15, -0.1) is 0 Å². The van der Waals surface area contributed by atoms with E-state index in [9.17, 15) is 18.0 Å². The Bertz CT molecular complexity index is 881. The third-order valence-electron chi connectivity index (χ3n) is 4.63. The Labute approximate surface area is 166 Å². The third kappa shape index (κ3) is 5.01. The monoisotopic (exact) mass is 406 g/mol. The number of alkyl halides is 2. The molecule has 0 spiro atoms. The molecule has 0 aromatic heterocycles. The van der Waals surface area contributed by atoms with E-state index in [0.717, 1.165) is 0 Å². The van der Waals surface area contributed by atoms with Gasteiger partial charge in [-0.1, -0.05) is 24.3 Å². The van der Waals surface area contributed by atoms with Gasteiger partial charge in [0.25, 0.3) is 0 Å². The fourth-order valence-corrected chi connectivity index (χ4v) is 3.18. The fourth-order valence-electron chi connectivity index (χ4n) is 3.18. The lowest BCUT2D eigenvalue weighted by molar-refractivity contribution is -0.126. The first kappa shape index (κ1) is 20.6. The summed E-state index contributed by atoms with van der Waals surface area (Å²) in [6, 6.07) is 11.2. The average Bonchev–Trinajstić information content (AvgIpc) is 2.73. The van der Waals surface area contributed by atoms with Crippen LogP contribution in [0.4, 0.5) is 18.9 Å². The number of nitrogens with zero attached hydrogens (tertiary/aromatic N) is 2. The number of para-hydroxylation sites is 2. The maximum atomic E-state index is 13.9. The topological polar surface area (TPSA) is 42.0 Å². The van der Waals surface area contributed by atoms with Crippen LogP contribution in [0.5, 0.6) is 11.5 Å². The molecule has 1 aliphatic rings. The van der Waals surface area contributed by atoms with E-state index in [4.69, 9.17) is 4.74 Å². The van der Waals surface area contributed by atoms with Crippen LogP contribution in [0.1, 0.15) is 5.56 Å². The maximum Gasteiger partial charge on any atom is 0.387 e. The van der Waals surface area contributed by atoms with Crippen LogP contribution >= 0.6 is 0 Å². The highest BCUT2D eigenvalue weighted by molar-refractivity contribution is 5.92. The van der Waals surface area contributed by atoms with E-state index in [1.54, 1.807) is 35.2 Å². The van der Waals surface area contributed by atoms with Gasteiger partial charge in [0.1, 0.15) is 5.82 Å². The zero-order valence-corrected chi connectivity index (χ0v) is 15.9. The Balaban J connectivity index is 1.66. The van der Waals surface area contributed by atoms with Crippen molar-refractivity contribution in [2.45, 2.75) is 6.61 Å². The number of ether oxygens (including phenoxy) is 2. The van der Waals surface area contributed by atoms with Crippen molar-refractivity contribution in [2.75, 3.05) is 38.2 Å². The van der Waals surface area contributed by atoms with Crippen molar-refractivity contribution in [3.8, 4) is 11.5 Å². The normalized spacial score (nSPS) is 14.5. The predicted octanol–water partition coefficient (Wildman–Crippen LogP) is 3.80. The summed E-state index contributed by atoms with van der Waals surface area (Å²) in [5.74, 6) is -0.530. The van der Waals surface area contributed by atoms with Crippen molar-refractivity contribution in [1.29, 1.82) is 0 Å². The van der Waals surface area contributed by atoms with Crippen molar-refractivity contribution < 1.29 is 27.4 Å². The highest BCUT2D eigenvalue weighted by Crippen LogP contribution is 2.33. The summed E-state index contributed by atoms with van der Waals surface area (Å²) in [7, 11) is 1.35. The van der Waals surface area contributed by atoms with Crippen LogP contribution in [0.15, 0.2) is 48.5 Å². The van der Waals surface area contributed by atoms with E-state index in [1.165, 1.54) is 31.4 Å². The van der Waals surface area contributed by atoms with Gasteiger partial charge in [0.15, 0.2) is 11.5 Å². The number of hydrogen-bond acceptors (Lipinski definition) is 4. The first-order valence-corrected chi connectivity index (χ1v) is 9.08. The molecule has 1 heterocycles. The second-order valence-electron chi connectivity index (χ2n) is 6.35. The molecule has 154 valence electrons. The molecule has 0 unspecified atom stereocenters.